The summed E-state index contributed by atoms with van der Waals surface area (Å²) in [6.45, 7) is 0. The van der Waals surface area contributed by atoms with Crippen LogP contribution in [0.4, 0.5) is 0 Å². The molecule has 7 heteroatoms. The molecule has 3 aromatic heterocycles. The van der Waals surface area contributed by atoms with Crippen LogP contribution in [0.3, 0.4) is 0 Å². The summed E-state index contributed by atoms with van der Waals surface area (Å²) in [6.07, 6.45) is 4.74. The van der Waals surface area contributed by atoms with Crippen molar-refractivity contribution in [3.8, 4) is 11.6 Å². The summed E-state index contributed by atoms with van der Waals surface area (Å²) >= 11 is 3.26. The Morgan fingerprint density at radius 3 is 3.15 bits per heavy atom. The third-order valence-corrected chi connectivity index (χ3v) is 4.03. The van der Waals surface area contributed by atoms with Crippen LogP contribution in [0.1, 0.15) is 29.5 Å². The van der Waals surface area contributed by atoms with Crippen LogP contribution >= 0.6 is 15.9 Å². The lowest BCUT2D eigenvalue weighted by Gasteiger charge is -2.17. The van der Waals surface area contributed by atoms with Gasteiger partial charge in [0.15, 0.2) is 10.4 Å². The van der Waals surface area contributed by atoms with Crippen molar-refractivity contribution in [2.45, 2.75) is 25.2 Å². The largest absolute Gasteiger partial charge is 0.446 e. The zero-order chi connectivity index (χ0) is 13.5. The van der Waals surface area contributed by atoms with E-state index >= 15 is 0 Å². The molecular weight excluding hydrogens is 324 g/mol. The first-order valence-corrected chi connectivity index (χ1v) is 7.19. The second-order valence-electron chi connectivity index (χ2n) is 4.87. The minimum absolute atomic E-state index is 0.239. The molecule has 1 aliphatic rings. The fourth-order valence-corrected chi connectivity index (χ4v) is 2.86. The summed E-state index contributed by atoms with van der Waals surface area (Å²) in [5.74, 6) is 1.99. The van der Waals surface area contributed by atoms with Gasteiger partial charge in [0.25, 0.3) is 0 Å². The molecule has 0 aromatic carbocycles. The van der Waals surface area contributed by atoms with Crippen LogP contribution in [0.5, 0.6) is 0 Å². The number of nitrogens with zero attached hydrogens (tertiary/aromatic N) is 3. The number of aromatic amines is 1. The zero-order valence-corrected chi connectivity index (χ0v) is 12.1. The first-order chi connectivity index (χ1) is 9.79. The molecule has 3 heterocycles. The average Bonchev–Trinajstić information content (AvgIpc) is 3.17. The molecule has 0 spiro atoms. The molecule has 0 fully saturated rings. The molecule has 6 nitrogen and oxygen atoms in total. The van der Waals surface area contributed by atoms with Crippen LogP contribution in [-0.4, -0.2) is 20.3 Å². The first kappa shape index (κ1) is 11.9. The van der Waals surface area contributed by atoms with E-state index in [2.05, 4.69) is 36.3 Å². The summed E-state index contributed by atoms with van der Waals surface area (Å²) in [7, 11) is 0. The highest BCUT2D eigenvalue weighted by Crippen LogP contribution is 2.32. The van der Waals surface area contributed by atoms with E-state index in [1.165, 1.54) is 11.3 Å². The highest BCUT2D eigenvalue weighted by molar-refractivity contribution is 9.10. The molecule has 1 unspecified atom stereocenters. The Bertz CT molecular complexity index is 745. The minimum atomic E-state index is 0.239. The minimum Gasteiger partial charge on any atom is -0.446 e. The topological polar surface area (TPSA) is 80.7 Å². The summed E-state index contributed by atoms with van der Waals surface area (Å²) in [4.78, 5) is 4.45. The van der Waals surface area contributed by atoms with Crippen molar-refractivity contribution in [3.05, 3.63) is 40.1 Å². The molecule has 4 rings (SSSR count). The summed E-state index contributed by atoms with van der Waals surface area (Å²) in [6, 6.07) is 3.62. The molecule has 3 aromatic rings. The van der Waals surface area contributed by atoms with E-state index in [0.717, 1.165) is 19.3 Å². The quantitative estimate of drug-likeness (QED) is 0.778. The molecule has 1 N–H and O–H groups in total. The van der Waals surface area contributed by atoms with E-state index in [4.69, 9.17) is 8.94 Å². The Hall–Kier alpha value is -1.89. The van der Waals surface area contributed by atoms with Crippen molar-refractivity contribution in [2.24, 2.45) is 0 Å². The van der Waals surface area contributed by atoms with Crippen molar-refractivity contribution < 1.29 is 8.94 Å². The van der Waals surface area contributed by atoms with Crippen LogP contribution in [0.15, 0.2) is 31.9 Å². The van der Waals surface area contributed by atoms with E-state index in [9.17, 15) is 0 Å². The zero-order valence-electron chi connectivity index (χ0n) is 10.5. The van der Waals surface area contributed by atoms with Crippen LogP contribution in [-0.2, 0) is 12.8 Å². The fourth-order valence-electron chi connectivity index (χ4n) is 2.55. The first-order valence-electron chi connectivity index (χ1n) is 6.40. The maximum absolute atomic E-state index is 5.43. The Morgan fingerprint density at radius 2 is 2.30 bits per heavy atom. The summed E-state index contributed by atoms with van der Waals surface area (Å²) in [5.41, 5.74) is 2.46. The third kappa shape index (κ3) is 1.98. The molecule has 1 atom stereocenters. The predicted octanol–water partition coefficient (Wildman–Crippen LogP) is 3.09. The van der Waals surface area contributed by atoms with Gasteiger partial charge in [0, 0.05) is 18.0 Å². The van der Waals surface area contributed by atoms with Gasteiger partial charge in [-0.15, -0.1) is 0 Å². The number of aromatic nitrogens is 4. The molecule has 102 valence electrons. The Labute approximate surface area is 122 Å². The van der Waals surface area contributed by atoms with Gasteiger partial charge in [0.1, 0.15) is 0 Å². The van der Waals surface area contributed by atoms with Crippen molar-refractivity contribution in [3.63, 3.8) is 0 Å². The number of halogens is 1. The van der Waals surface area contributed by atoms with Gasteiger partial charge in [-0.05, 0) is 46.5 Å². The Balaban J connectivity index is 1.60. The smallest absolute Gasteiger partial charge is 0.238 e. The second-order valence-corrected chi connectivity index (χ2v) is 5.66. The maximum Gasteiger partial charge on any atom is 0.238 e. The number of hydrogen-bond donors (Lipinski definition) is 1. The highest BCUT2D eigenvalue weighted by atomic mass is 79.9. The number of furan rings is 1. The van der Waals surface area contributed by atoms with E-state index in [-0.39, 0.29) is 5.92 Å². The molecule has 1 aliphatic carbocycles. The normalized spacial score (nSPS) is 18.1. The number of nitrogens with one attached hydrogen (secondary N) is 1. The van der Waals surface area contributed by atoms with Crippen LogP contribution in [0, 0.1) is 0 Å². The summed E-state index contributed by atoms with van der Waals surface area (Å²) < 4.78 is 11.5. The van der Waals surface area contributed by atoms with Gasteiger partial charge in [0.05, 0.1) is 6.20 Å². The Kier molecular flexibility index (Phi) is 2.73. The van der Waals surface area contributed by atoms with Crippen LogP contribution < -0.4 is 0 Å². The van der Waals surface area contributed by atoms with Gasteiger partial charge in [-0.25, -0.2) is 0 Å². The molecule has 0 aliphatic heterocycles. The van der Waals surface area contributed by atoms with E-state index in [0.29, 0.717) is 22.1 Å². The monoisotopic (exact) mass is 334 g/mol. The lowest BCUT2D eigenvalue weighted by molar-refractivity contribution is 0.339. The molecule has 0 radical (unpaired) electrons. The SMILES string of the molecule is Brc1ccc(-c2noc(C3CCc4cn[nH]c4C3)n2)o1. The van der Waals surface area contributed by atoms with Crippen molar-refractivity contribution in [1.29, 1.82) is 0 Å². The van der Waals surface area contributed by atoms with E-state index in [1.807, 2.05) is 18.3 Å². The maximum atomic E-state index is 5.43. The molecule has 0 amide bonds. The standard InChI is InChI=1S/C13H11BrN4O2/c14-11-4-3-10(19-11)12-16-13(20-18-12)7-1-2-8-6-15-17-9(8)5-7/h3-4,6-7H,1-2,5H2,(H,15,17). The number of fused-ring (bicyclic) bond motifs is 1. The van der Waals surface area contributed by atoms with Gasteiger partial charge < -0.3 is 8.94 Å². The van der Waals surface area contributed by atoms with Gasteiger partial charge in [-0.2, -0.15) is 10.1 Å². The molecule has 0 bridgehead atoms. The number of hydrogen-bond acceptors (Lipinski definition) is 5. The highest BCUT2D eigenvalue weighted by Gasteiger charge is 2.26. The van der Waals surface area contributed by atoms with Crippen molar-refractivity contribution in [1.82, 2.24) is 20.3 Å². The Morgan fingerprint density at radius 1 is 1.35 bits per heavy atom. The van der Waals surface area contributed by atoms with Crippen LogP contribution in [0.25, 0.3) is 11.6 Å². The lowest BCUT2D eigenvalue weighted by Crippen LogP contribution is -2.12. The van der Waals surface area contributed by atoms with Gasteiger partial charge in [0.2, 0.25) is 11.7 Å². The average molecular weight is 335 g/mol. The summed E-state index contributed by atoms with van der Waals surface area (Å²) in [5, 5.41) is 11.1. The number of rotatable bonds is 2. The van der Waals surface area contributed by atoms with Gasteiger partial charge >= 0.3 is 0 Å². The predicted molar refractivity (Wildman–Crippen MR) is 73.1 cm³/mol. The third-order valence-electron chi connectivity index (χ3n) is 3.60. The second kappa shape index (κ2) is 4.59. The van der Waals surface area contributed by atoms with Crippen LogP contribution in [0.2, 0.25) is 0 Å². The van der Waals surface area contributed by atoms with Gasteiger partial charge in [-0.1, -0.05) is 5.16 Å². The van der Waals surface area contributed by atoms with Crippen molar-refractivity contribution >= 4 is 15.9 Å². The van der Waals surface area contributed by atoms with Crippen molar-refractivity contribution in [2.75, 3.05) is 0 Å². The number of aryl methyl sites for hydroxylation is 1. The molecule has 0 saturated carbocycles. The molecule has 20 heavy (non-hydrogen) atoms. The lowest BCUT2D eigenvalue weighted by atomic mass is 9.88. The number of H-pyrrole nitrogens is 1. The molecule has 0 saturated heterocycles. The van der Waals surface area contributed by atoms with E-state index < -0.39 is 0 Å². The molecular formula is C13H11BrN4O2. The van der Waals surface area contributed by atoms with Gasteiger partial charge in [-0.3, -0.25) is 5.10 Å². The van der Waals surface area contributed by atoms with E-state index in [1.54, 1.807) is 0 Å². The fraction of sp³-hybridized carbons (Fsp3) is 0.308.